The first-order chi connectivity index (χ1) is 9.22. The molecule has 1 atom stereocenters. The summed E-state index contributed by atoms with van der Waals surface area (Å²) >= 11 is 0. The molecule has 0 aliphatic carbocycles. The second kappa shape index (κ2) is 6.16. The number of carbonyl (C=O) groups is 1. The fraction of sp³-hybridized carbons (Fsp3) is 0.188. The minimum Gasteiger partial charge on any atom is -0.481 e. The molecule has 19 heavy (non-hydrogen) atoms. The van der Waals surface area contributed by atoms with Gasteiger partial charge in [-0.1, -0.05) is 54.6 Å². The van der Waals surface area contributed by atoms with Crippen LogP contribution in [0.25, 0.3) is 11.1 Å². The van der Waals surface area contributed by atoms with Gasteiger partial charge in [0.1, 0.15) is 0 Å². The van der Waals surface area contributed by atoms with Crippen LogP contribution in [0.3, 0.4) is 0 Å². The summed E-state index contributed by atoms with van der Waals surface area (Å²) in [7, 11) is 0. The van der Waals surface area contributed by atoms with Crippen molar-refractivity contribution in [2.24, 2.45) is 5.73 Å². The van der Waals surface area contributed by atoms with Crippen LogP contribution in [-0.2, 0) is 4.79 Å². The summed E-state index contributed by atoms with van der Waals surface area (Å²) in [6.45, 7) is 0.372. The molecule has 2 aromatic carbocycles. The lowest BCUT2D eigenvalue weighted by Gasteiger charge is -2.12. The van der Waals surface area contributed by atoms with Crippen molar-refractivity contribution < 1.29 is 9.90 Å². The maximum absolute atomic E-state index is 11.2. The van der Waals surface area contributed by atoms with Gasteiger partial charge in [-0.05, 0) is 29.7 Å². The van der Waals surface area contributed by atoms with Crippen LogP contribution in [0.4, 0.5) is 0 Å². The zero-order valence-corrected chi connectivity index (χ0v) is 10.6. The van der Waals surface area contributed by atoms with E-state index in [1.165, 1.54) is 0 Å². The predicted molar refractivity (Wildman–Crippen MR) is 75.9 cm³/mol. The van der Waals surface area contributed by atoms with Crippen LogP contribution in [0.5, 0.6) is 0 Å². The molecule has 0 saturated heterocycles. The Hall–Kier alpha value is -2.13. The van der Waals surface area contributed by atoms with Crippen molar-refractivity contribution in [1.29, 1.82) is 0 Å². The quantitative estimate of drug-likeness (QED) is 0.863. The van der Waals surface area contributed by atoms with Gasteiger partial charge in [-0.3, -0.25) is 4.79 Å². The molecule has 1 unspecified atom stereocenters. The molecule has 0 radical (unpaired) electrons. The Bertz CT molecular complexity index is 534. The van der Waals surface area contributed by atoms with Crippen LogP contribution in [-0.4, -0.2) is 17.6 Å². The molecule has 3 heteroatoms. The molecule has 0 heterocycles. The van der Waals surface area contributed by atoms with E-state index in [2.05, 4.69) is 0 Å². The Labute approximate surface area is 112 Å². The van der Waals surface area contributed by atoms with Crippen molar-refractivity contribution in [3.05, 3.63) is 60.2 Å². The summed E-state index contributed by atoms with van der Waals surface area (Å²) in [5, 5.41) is 9.19. The van der Waals surface area contributed by atoms with Gasteiger partial charge in [0.05, 0.1) is 5.92 Å². The fourth-order valence-electron chi connectivity index (χ4n) is 2.14. The second-order valence-corrected chi connectivity index (χ2v) is 4.46. The highest BCUT2D eigenvalue weighted by Crippen LogP contribution is 2.24. The van der Waals surface area contributed by atoms with E-state index in [9.17, 15) is 9.90 Å². The Morgan fingerprint density at radius 1 is 1.00 bits per heavy atom. The molecular weight excluding hydrogens is 238 g/mol. The maximum Gasteiger partial charge on any atom is 0.311 e. The fourth-order valence-corrected chi connectivity index (χ4v) is 2.14. The standard InChI is InChI=1S/C16H17NO2/c17-11-10-15(16(18)19)14-8-6-13(7-9-14)12-4-2-1-3-5-12/h1-9,15H,10-11,17H2,(H,18,19). The van der Waals surface area contributed by atoms with Crippen LogP contribution in [0.2, 0.25) is 0 Å². The average molecular weight is 255 g/mol. The highest BCUT2D eigenvalue weighted by atomic mass is 16.4. The largest absolute Gasteiger partial charge is 0.481 e. The Morgan fingerprint density at radius 3 is 2.11 bits per heavy atom. The van der Waals surface area contributed by atoms with E-state index in [0.29, 0.717) is 13.0 Å². The topological polar surface area (TPSA) is 63.3 Å². The number of benzene rings is 2. The first-order valence-electron chi connectivity index (χ1n) is 6.30. The van der Waals surface area contributed by atoms with Crippen molar-refractivity contribution >= 4 is 5.97 Å². The number of hydrogen-bond donors (Lipinski definition) is 2. The summed E-state index contributed by atoms with van der Waals surface area (Å²) in [6, 6.07) is 17.7. The van der Waals surface area contributed by atoms with E-state index < -0.39 is 11.9 Å². The molecule has 3 nitrogen and oxygen atoms in total. The number of aliphatic carboxylic acids is 1. The Morgan fingerprint density at radius 2 is 1.58 bits per heavy atom. The highest BCUT2D eigenvalue weighted by molar-refractivity contribution is 5.76. The molecule has 2 aromatic rings. The molecule has 0 amide bonds. The van der Waals surface area contributed by atoms with Gasteiger partial charge in [0, 0.05) is 0 Å². The van der Waals surface area contributed by atoms with Gasteiger partial charge in [0.25, 0.3) is 0 Å². The van der Waals surface area contributed by atoms with E-state index >= 15 is 0 Å². The number of hydrogen-bond acceptors (Lipinski definition) is 2. The van der Waals surface area contributed by atoms with Crippen LogP contribution in [0, 0.1) is 0 Å². The minimum atomic E-state index is -0.821. The van der Waals surface area contributed by atoms with Crippen molar-refractivity contribution in [2.45, 2.75) is 12.3 Å². The molecule has 0 aliphatic rings. The zero-order chi connectivity index (χ0) is 13.7. The summed E-state index contributed by atoms with van der Waals surface area (Å²) in [4.78, 5) is 11.2. The first kappa shape index (κ1) is 13.3. The van der Waals surface area contributed by atoms with Gasteiger partial charge in [-0.2, -0.15) is 0 Å². The third-order valence-corrected chi connectivity index (χ3v) is 3.17. The lowest BCUT2D eigenvalue weighted by Crippen LogP contribution is -2.15. The van der Waals surface area contributed by atoms with E-state index in [1.54, 1.807) is 0 Å². The van der Waals surface area contributed by atoms with Gasteiger partial charge >= 0.3 is 5.97 Å². The molecule has 0 saturated carbocycles. The van der Waals surface area contributed by atoms with Gasteiger partial charge in [-0.15, -0.1) is 0 Å². The Balaban J connectivity index is 2.25. The van der Waals surface area contributed by atoms with E-state index in [1.807, 2.05) is 54.6 Å². The molecule has 0 aromatic heterocycles. The molecule has 0 aliphatic heterocycles. The van der Waals surface area contributed by atoms with Crippen molar-refractivity contribution in [1.82, 2.24) is 0 Å². The van der Waals surface area contributed by atoms with Crippen LogP contribution in [0.1, 0.15) is 17.9 Å². The van der Waals surface area contributed by atoms with E-state index in [4.69, 9.17) is 5.73 Å². The molecule has 3 N–H and O–H groups in total. The summed E-state index contributed by atoms with van der Waals surface area (Å²) in [6.07, 6.45) is 0.458. The molecular formula is C16H17NO2. The highest BCUT2D eigenvalue weighted by Gasteiger charge is 2.18. The molecule has 98 valence electrons. The van der Waals surface area contributed by atoms with Crippen LogP contribution >= 0.6 is 0 Å². The summed E-state index contributed by atoms with van der Waals surface area (Å²) in [5.74, 6) is -1.34. The van der Waals surface area contributed by atoms with Crippen molar-refractivity contribution in [3.63, 3.8) is 0 Å². The smallest absolute Gasteiger partial charge is 0.311 e. The minimum absolute atomic E-state index is 0.372. The molecule has 2 rings (SSSR count). The van der Waals surface area contributed by atoms with E-state index in [-0.39, 0.29) is 0 Å². The third kappa shape index (κ3) is 3.20. The van der Waals surface area contributed by atoms with Gasteiger partial charge in [0.2, 0.25) is 0 Å². The van der Waals surface area contributed by atoms with Gasteiger partial charge in [0.15, 0.2) is 0 Å². The number of nitrogens with two attached hydrogens (primary N) is 1. The maximum atomic E-state index is 11.2. The monoisotopic (exact) mass is 255 g/mol. The van der Waals surface area contributed by atoms with Crippen LogP contribution in [0.15, 0.2) is 54.6 Å². The first-order valence-corrected chi connectivity index (χ1v) is 6.30. The van der Waals surface area contributed by atoms with Crippen molar-refractivity contribution in [2.75, 3.05) is 6.54 Å². The van der Waals surface area contributed by atoms with Crippen molar-refractivity contribution in [3.8, 4) is 11.1 Å². The third-order valence-electron chi connectivity index (χ3n) is 3.17. The van der Waals surface area contributed by atoms with Gasteiger partial charge < -0.3 is 10.8 Å². The van der Waals surface area contributed by atoms with Crippen LogP contribution < -0.4 is 5.73 Å². The summed E-state index contributed by atoms with van der Waals surface area (Å²) < 4.78 is 0. The lowest BCUT2D eigenvalue weighted by molar-refractivity contribution is -0.138. The van der Waals surface area contributed by atoms with Gasteiger partial charge in [-0.25, -0.2) is 0 Å². The zero-order valence-electron chi connectivity index (χ0n) is 10.6. The molecule has 0 spiro atoms. The number of carboxylic acids is 1. The molecule has 0 fully saturated rings. The number of carboxylic acid groups (broad SMARTS) is 1. The van der Waals surface area contributed by atoms with E-state index in [0.717, 1.165) is 16.7 Å². The predicted octanol–water partition coefficient (Wildman–Crippen LogP) is 2.87. The normalized spacial score (nSPS) is 12.1. The SMILES string of the molecule is NCCC(C(=O)O)c1ccc(-c2ccccc2)cc1. The number of rotatable bonds is 5. The lowest BCUT2D eigenvalue weighted by atomic mass is 9.94. The average Bonchev–Trinajstić information content (AvgIpc) is 2.46. The Kier molecular flexibility index (Phi) is 4.31. The second-order valence-electron chi connectivity index (χ2n) is 4.46. The molecule has 0 bridgehead atoms. The summed E-state index contributed by atoms with van der Waals surface area (Å²) in [5.41, 5.74) is 8.47.